The Hall–Kier alpha value is -2.41. The second-order valence-corrected chi connectivity index (χ2v) is 6.07. The van der Waals surface area contributed by atoms with Crippen molar-refractivity contribution in [2.75, 3.05) is 6.54 Å². The van der Waals surface area contributed by atoms with E-state index in [1.54, 1.807) is 24.5 Å². The normalized spacial score (nSPS) is 20.7. The summed E-state index contributed by atoms with van der Waals surface area (Å²) in [6.07, 6.45) is -2.11. The van der Waals surface area contributed by atoms with Crippen molar-refractivity contribution in [2.45, 2.75) is 31.2 Å². The van der Waals surface area contributed by atoms with Crippen molar-refractivity contribution in [3.63, 3.8) is 0 Å². The van der Waals surface area contributed by atoms with Crippen LogP contribution in [-0.4, -0.2) is 33.5 Å². The SMILES string of the molecule is O=C(Cc1cccnc1)N1C[C@@H](O)C[C@@H]1c1ccccc1C(F)(F)F. The average molecular weight is 350 g/mol. The van der Waals surface area contributed by atoms with E-state index in [1.807, 2.05) is 0 Å². The van der Waals surface area contributed by atoms with Gasteiger partial charge in [-0.3, -0.25) is 9.78 Å². The molecule has 1 saturated heterocycles. The zero-order chi connectivity index (χ0) is 18.0. The largest absolute Gasteiger partial charge is 0.416 e. The molecule has 2 aromatic rings. The zero-order valence-corrected chi connectivity index (χ0v) is 13.3. The maximum absolute atomic E-state index is 13.3. The van der Waals surface area contributed by atoms with E-state index in [4.69, 9.17) is 0 Å². The predicted molar refractivity (Wildman–Crippen MR) is 84.5 cm³/mol. The number of aliphatic hydroxyl groups excluding tert-OH is 1. The summed E-state index contributed by atoms with van der Waals surface area (Å²) in [6.45, 7) is 0.0238. The summed E-state index contributed by atoms with van der Waals surface area (Å²) in [5.74, 6) is -0.327. The fraction of sp³-hybridized carbons (Fsp3) is 0.333. The summed E-state index contributed by atoms with van der Waals surface area (Å²) in [7, 11) is 0. The summed E-state index contributed by atoms with van der Waals surface area (Å²) < 4.78 is 39.9. The van der Waals surface area contributed by atoms with E-state index < -0.39 is 23.9 Å². The van der Waals surface area contributed by atoms with Crippen molar-refractivity contribution < 1.29 is 23.1 Å². The van der Waals surface area contributed by atoms with Crippen LogP contribution in [-0.2, 0) is 17.4 Å². The summed E-state index contributed by atoms with van der Waals surface area (Å²) in [5.41, 5.74) is -0.0730. The van der Waals surface area contributed by atoms with Gasteiger partial charge in [0.15, 0.2) is 0 Å². The molecule has 1 aliphatic heterocycles. The monoisotopic (exact) mass is 350 g/mol. The van der Waals surface area contributed by atoms with E-state index >= 15 is 0 Å². The second kappa shape index (κ2) is 6.84. The highest BCUT2D eigenvalue weighted by Crippen LogP contribution is 2.40. The van der Waals surface area contributed by atoms with E-state index in [2.05, 4.69) is 4.98 Å². The molecule has 2 atom stereocenters. The van der Waals surface area contributed by atoms with E-state index in [9.17, 15) is 23.1 Å². The molecule has 4 nitrogen and oxygen atoms in total. The zero-order valence-electron chi connectivity index (χ0n) is 13.3. The van der Waals surface area contributed by atoms with Crippen molar-refractivity contribution in [1.29, 1.82) is 0 Å². The number of nitrogens with zero attached hydrogens (tertiary/aromatic N) is 2. The molecule has 0 unspecified atom stereocenters. The molecule has 1 aromatic carbocycles. The molecule has 1 amide bonds. The Morgan fingerprint density at radius 2 is 2.00 bits per heavy atom. The molecule has 1 aromatic heterocycles. The molecule has 0 saturated carbocycles. The molecule has 7 heteroatoms. The summed E-state index contributed by atoms with van der Waals surface area (Å²) in [5, 5.41) is 9.95. The highest BCUT2D eigenvalue weighted by atomic mass is 19.4. The van der Waals surface area contributed by atoms with Gasteiger partial charge >= 0.3 is 6.18 Å². The van der Waals surface area contributed by atoms with Crippen LogP contribution in [0.3, 0.4) is 0 Å². The van der Waals surface area contributed by atoms with Crippen molar-refractivity contribution in [1.82, 2.24) is 9.88 Å². The third-order valence-corrected chi connectivity index (χ3v) is 4.30. The number of hydrogen-bond donors (Lipinski definition) is 1. The Kier molecular flexibility index (Phi) is 4.76. The molecule has 2 heterocycles. The van der Waals surface area contributed by atoms with Crippen LogP contribution >= 0.6 is 0 Å². The highest BCUT2D eigenvalue weighted by molar-refractivity contribution is 5.79. The third-order valence-electron chi connectivity index (χ3n) is 4.30. The number of aromatic nitrogens is 1. The van der Waals surface area contributed by atoms with Gasteiger partial charge in [-0.1, -0.05) is 24.3 Å². The maximum Gasteiger partial charge on any atom is 0.416 e. The lowest BCUT2D eigenvalue weighted by Crippen LogP contribution is -2.33. The van der Waals surface area contributed by atoms with Crippen LogP contribution < -0.4 is 0 Å². The van der Waals surface area contributed by atoms with Gasteiger partial charge in [0.2, 0.25) is 5.91 Å². The van der Waals surface area contributed by atoms with Crippen LogP contribution in [0.2, 0.25) is 0 Å². The third kappa shape index (κ3) is 3.82. The molecule has 25 heavy (non-hydrogen) atoms. The van der Waals surface area contributed by atoms with Crippen molar-refractivity contribution in [3.05, 3.63) is 65.5 Å². The number of hydrogen-bond acceptors (Lipinski definition) is 3. The van der Waals surface area contributed by atoms with Crippen LogP contribution in [0.4, 0.5) is 13.2 Å². The quantitative estimate of drug-likeness (QED) is 0.926. The lowest BCUT2D eigenvalue weighted by atomic mass is 9.97. The minimum Gasteiger partial charge on any atom is -0.391 e. The number of aliphatic hydroxyl groups is 1. The van der Waals surface area contributed by atoms with Gasteiger partial charge in [-0.25, -0.2) is 0 Å². The molecular formula is C18H17F3N2O2. The first-order chi connectivity index (χ1) is 11.9. The molecule has 0 radical (unpaired) electrons. The molecule has 1 N–H and O–H groups in total. The van der Waals surface area contributed by atoms with Gasteiger partial charge in [-0.2, -0.15) is 13.2 Å². The topological polar surface area (TPSA) is 53.4 Å². The number of carbonyl (C=O) groups excluding carboxylic acids is 1. The van der Waals surface area contributed by atoms with Crippen LogP contribution in [0.1, 0.15) is 29.2 Å². The minimum absolute atomic E-state index is 0.0195. The minimum atomic E-state index is -4.51. The molecule has 1 aliphatic rings. The van der Waals surface area contributed by atoms with Crippen LogP contribution in [0, 0.1) is 0 Å². The van der Waals surface area contributed by atoms with Crippen molar-refractivity contribution in [3.8, 4) is 0 Å². The predicted octanol–water partition coefficient (Wildman–Crippen LogP) is 2.98. The van der Waals surface area contributed by atoms with Gasteiger partial charge < -0.3 is 10.0 Å². The number of carbonyl (C=O) groups is 1. The summed E-state index contributed by atoms with van der Waals surface area (Å²) >= 11 is 0. The van der Waals surface area contributed by atoms with Crippen molar-refractivity contribution >= 4 is 5.91 Å². The van der Waals surface area contributed by atoms with Crippen LogP contribution in [0.15, 0.2) is 48.8 Å². The lowest BCUT2D eigenvalue weighted by Gasteiger charge is -2.27. The fourth-order valence-electron chi connectivity index (χ4n) is 3.21. The Morgan fingerprint density at radius 1 is 1.24 bits per heavy atom. The standard InChI is InChI=1S/C18H17F3N2O2/c19-18(20,21)15-6-2-1-5-14(15)16-9-13(24)11-23(16)17(25)8-12-4-3-7-22-10-12/h1-7,10,13,16,24H,8-9,11H2/t13-,16+/m0/s1. The fourth-order valence-corrected chi connectivity index (χ4v) is 3.21. The van der Waals surface area contributed by atoms with E-state index in [1.165, 1.54) is 23.1 Å². The molecule has 0 aliphatic carbocycles. The van der Waals surface area contributed by atoms with E-state index in [0.29, 0.717) is 5.56 Å². The van der Waals surface area contributed by atoms with Gasteiger partial charge in [-0.05, 0) is 29.7 Å². The van der Waals surface area contributed by atoms with Gasteiger partial charge in [0.1, 0.15) is 0 Å². The number of alkyl halides is 3. The molecule has 3 rings (SSSR count). The smallest absolute Gasteiger partial charge is 0.391 e. The van der Waals surface area contributed by atoms with Gasteiger partial charge in [0, 0.05) is 18.9 Å². The molecule has 0 bridgehead atoms. The van der Waals surface area contributed by atoms with Crippen LogP contribution in [0.25, 0.3) is 0 Å². The highest BCUT2D eigenvalue weighted by Gasteiger charge is 2.41. The number of amides is 1. The van der Waals surface area contributed by atoms with Gasteiger partial charge in [0.05, 0.1) is 24.1 Å². The first-order valence-corrected chi connectivity index (χ1v) is 7.89. The molecule has 1 fully saturated rings. The Labute approximate surface area is 142 Å². The molecule has 132 valence electrons. The second-order valence-electron chi connectivity index (χ2n) is 6.07. The number of β-amino-alcohol motifs (C(OH)–C–C–N with tert-alkyl or cyclic N) is 1. The Bertz CT molecular complexity index is 749. The number of pyridine rings is 1. The van der Waals surface area contributed by atoms with Crippen molar-refractivity contribution in [2.24, 2.45) is 0 Å². The lowest BCUT2D eigenvalue weighted by molar-refractivity contribution is -0.140. The number of halogens is 3. The Morgan fingerprint density at radius 3 is 2.68 bits per heavy atom. The number of benzene rings is 1. The summed E-state index contributed by atoms with van der Waals surface area (Å²) in [6, 6.07) is 7.84. The summed E-state index contributed by atoms with van der Waals surface area (Å²) in [4.78, 5) is 17.9. The molecule has 0 spiro atoms. The van der Waals surface area contributed by atoms with Gasteiger partial charge in [0.25, 0.3) is 0 Å². The molecular weight excluding hydrogens is 333 g/mol. The number of rotatable bonds is 3. The first-order valence-electron chi connectivity index (χ1n) is 7.89. The van der Waals surface area contributed by atoms with E-state index in [-0.39, 0.29) is 30.9 Å². The number of likely N-dealkylation sites (tertiary alicyclic amines) is 1. The van der Waals surface area contributed by atoms with E-state index in [0.717, 1.165) is 6.07 Å². The first kappa shape index (κ1) is 17.4. The average Bonchev–Trinajstić information content (AvgIpc) is 2.97. The van der Waals surface area contributed by atoms with Gasteiger partial charge in [-0.15, -0.1) is 0 Å². The Balaban J connectivity index is 1.89. The van der Waals surface area contributed by atoms with Crippen LogP contribution in [0.5, 0.6) is 0 Å². The maximum atomic E-state index is 13.3.